The van der Waals surface area contributed by atoms with Crippen molar-refractivity contribution in [3.8, 4) is 0 Å². The third-order valence-corrected chi connectivity index (χ3v) is 5.73. The Kier molecular flexibility index (Phi) is 4.06. The third kappa shape index (κ3) is 2.60. The third-order valence-electron chi connectivity index (χ3n) is 4.53. The summed E-state index contributed by atoms with van der Waals surface area (Å²) in [7, 11) is 0. The maximum Gasteiger partial charge on any atom is 0.111 e. The van der Waals surface area contributed by atoms with Crippen LogP contribution in [0.2, 0.25) is 0 Å². The lowest BCUT2D eigenvalue weighted by Gasteiger charge is -2.40. The van der Waals surface area contributed by atoms with Crippen molar-refractivity contribution in [3.63, 3.8) is 0 Å². The molecule has 0 aliphatic carbocycles. The van der Waals surface area contributed by atoms with Gasteiger partial charge < -0.3 is 5.73 Å². The summed E-state index contributed by atoms with van der Waals surface area (Å²) in [5.74, 6) is 0.642. The number of likely N-dealkylation sites (tertiary alicyclic amines) is 1. The molecule has 3 atom stereocenters. The van der Waals surface area contributed by atoms with Crippen molar-refractivity contribution in [2.24, 2.45) is 11.7 Å². The molecular weight excluding hydrogens is 266 g/mol. The highest BCUT2D eigenvalue weighted by Gasteiger charge is 2.30. The van der Waals surface area contributed by atoms with Crippen LogP contribution in [-0.2, 0) is 0 Å². The van der Waals surface area contributed by atoms with Crippen LogP contribution in [0.3, 0.4) is 0 Å². The molecule has 3 rings (SSSR count). The highest BCUT2D eigenvalue weighted by atomic mass is 32.1. The first-order chi connectivity index (χ1) is 9.69. The predicted molar refractivity (Wildman–Crippen MR) is 86.0 cm³/mol. The molecular formula is C16H23N3S. The fourth-order valence-electron chi connectivity index (χ4n) is 3.15. The van der Waals surface area contributed by atoms with Gasteiger partial charge in [0.15, 0.2) is 0 Å². The zero-order valence-corrected chi connectivity index (χ0v) is 13.1. The Morgan fingerprint density at radius 2 is 2.20 bits per heavy atom. The molecule has 3 unspecified atom stereocenters. The highest BCUT2D eigenvalue weighted by molar-refractivity contribution is 7.18. The van der Waals surface area contributed by atoms with Crippen LogP contribution in [0.15, 0.2) is 24.3 Å². The lowest BCUT2D eigenvalue weighted by atomic mass is 9.92. The minimum atomic E-state index is 0.386. The van der Waals surface area contributed by atoms with Gasteiger partial charge in [0.1, 0.15) is 5.01 Å². The summed E-state index contributed by atoms with van der Waals surface area (Å²) < 4.78 is 1.29. The van der Waals surface area contributed by atoms with Crippen LogP contribution in [0.1, 0.15) is 37.7 Å². The molecule has 1 aromatic carbocycles. The second-order valence-corrected chi connectivity index (χ2v) is 6.98. The van der Waals surface area contributed by atoms with E-state index in [2.05, 4.69) is 43.0 Å². The largest absolute Gasteiger partial charge is 0.330 e. The number of rotatable bonds is 3. The minimum absolute atomic E-state index is 0.386. The Hall–Kier alpha value is -0.970. The van der Waals surface area contributed by atoms with E-state index in [0.29, 0.717) is 18.0 Å². The van der Waals surface area contributed by atoms with Crippen LogP contribution in [0, 0.1) is 5.92 Å². The van der Waals surface area contributed by atoms with Crippen LogP contribution in [0.4, 0.5) is 0 Å². The number of nitrogens with zero attached hydrogens (tertiary/aromatic N) is 2. The molecule has 1 aliphatic heterocycles. The lowest BCUT2D eigenvalue weighted by molar-refractivity contribution is 0.0812. The molecule has 0 spiro atoms. The molecule has 20 heavy (non-hydrogen) atoms. The number of nitrogens with two attached hydrogens (primary N) is 1. The molecule has 4 heteroatoms. The molecule has 2 heterocycles. The van der Waals surface area contributed by atoms with Crippen molar-refractivity contribution < 1.29 is 0 Å². The first kappa shape index (κ1) is 14.0. The summed E-state index contributed by atoms with van der Waals surface area (Å²) in [6.07, 6.45) is 2.51. The van der Waals surface area contributed by atoms with E-state index in [1.807, 2.05) is 11.3 Å². The van der Waals surface area contributed by atoms with E-state index >= 15 is 0 Å². The maximum absolute atomic E-state index is 5.87. The molecule has 2 aromatic rings. The summed E-state index contributed by atoms with van der Waals surface area (Å²) in [5.41, 5.74) is 7.00. The Morgan fingerprint density at radius 1 is 1.40 bits per heavy atom. The monoisotopic (exact) mass is 289 g/mol. The molecule has 0 amide bonds. The summed E-state index contributed by atoms with van der Waals surface area (Å²) in [5, 5.41) is 1.23. The molecule has 3 nitrogen and oxygen atoms in total. The summed E-state index contributed by atoms with van der Waals surface area (Å²) in [6.45, 7) is 6.52. The lowest BCUT2D eigenvalue weighted by Crippen LogP contribution is -2.44. The second-order valence-electron chi connectivity index (χ2n) is 5.92. The summed E-state index contributed by atoms with van der Waals surface area (Å²) in [4.78, 5) is 7.40. The van der Waals surface area contributed by atoms with E-state index in [0.717, 1.165) is 18.6 Å². The molecule has 1 saturated heterocycles. The first-order valence-electron chi connectivity index (χ1n) is 7.50. The van der Waals surface area contributed by atoms with Gasteiger partial charge in [-0.15, -0.1) is 11.3 Å². The second kappa shape index (κ2) is 5.80. The highest BCUT2D eigenvalue weighted by Crippen LogP contribution is 2.34. The molecule has 1 aliphatic rings. The van der Waals surface area contributed by atoms with Gasteiger partial charge in [-0.1, -0.05) is 12.1 Å². The van der Waals surface area contributed by atoms with E-state index in [1.165, 1.54) is 22.5 Å². The average molecular weight is 289 g/mol. The van der Waals surface area contributed by atoms with E-state index < -0.39 is 0 Å². The number of piperidine rings is 1. The van der Waals surface area contributed by atoms with Crippen molar-refractivity contribution >= 4 is 21.6 Å². The van der Waals surface area contributed by atoms with Gasteiger partial charge in [0.2, 0.25) is 0 Å². The van der Waals surface area contributed by atoms with E-state index in [9.17, 15) is 0 Å². The molecule has 1 aromatic heterocycles. The van der Waals surface area contributed by atoms with Gasteiger partial charge in [-0.25, -0.2) is 4.98 Å². The quantitative estimate of drug-likeness (QED) is 0.941. The minimum Gasteiger partial charge on any atom is -0.330 e. The number of hydrogen-bond donors (Lipinski definition) is 1. The number of fused-ring (bicyclic) bond motifs is 1. The smallest absolute Gasteiger partial charge is 0.111 e. The predicted octanol–water partition coefficient (Wildman–Crippen LogP) is 3.42. The summed E-state index contributed by atoms with van der Waals surface area (Å²) >= 11 is 1.83. The first-order valence-corrected chi connectivity index (χ1v) is 8.32. The number of para-hydroxylation sites is 1. The zero-order chi connectivity index (χ0) is 14.1. The van der Waals surface area contributed by atoms with E-state index in [1.54, 1.807) is 0 Å². The van der Waals surface area contributed by atoms with Crippen molar-refractivity contribution in [2.45, 2.75) is 38.8 Å². The zero-order valence-electron chi connectivity index (χ0n) is 12.2. The van der Waals surface area contributed by atoms with E-state index in [-0.39, 0.29) is 0 Å². The van der Waals surface area contributed by atoms with Gasteiger partial charge in [0.25, 0.3) is 0 Å². The van der Waals surface area contributed by atoms with Gasteiger partial charge >= 0.3 is 0 Å². The van der Waals surface area contributed by atoms with Gasteiger partial charge in [0, 0.05) is 12.6 Å². The molecule has 2 N–H and O–H groups in total. The Bertz CT molecular complexity index is 547. The van der Waals surface area contributed by atoms with Crippen molar-refractivity contribution in [1.29, 1.82) is 0 Å². The van der Waals surface area contributed by atoms with E-state index in [4.69, 9.17) is 10.7 Å². The van der Waals surface area contributed by atoms with Gasteiger partial charge in [-0.2, -0.15) is 0 Å². The van der Waals surface area contributed by atoms with Crippen LogP contribution in [0.5, 0.6) is 0 Å². The summed E-state index contributed by atoms with van der Waals surface area (Å²) in [6, 6.07) is 9.42. The van der Waals surface area contributed by atoms with Gasteiger partial charge in [-0.3, -0.25) is 4.90 Å². The Morgan fingerprint density at radius 3 is 2.95 bits per heavy atom. The molecule has 0 radical (unpaired) electrons. The topological polar surface area (TPSA) is 42.1 Å². The Labute approximate surface area is 124 Å². The molecule has 0 bridgehead atoms. The van der Waals surface area contributed by atoms with Crippen LogP contribution in [-0.4, -0.2) is 29.0 Å². The fourth-order valence-corrected chi connectivity index (χ4v) is 4.20. The SMILES string of the molecule is CC1CCC(CN)CN1C(C)c1nc2ccccc2s1. The number of hydrogen-bond acceptors (Lipinski definition) is 4. The molecule has 1 fully saturated rings. The average Bonchev–Trinajstić information content (AvgIpc) is 2.91. The normalized spacial score (nSPS) is 25.9. The molecule has 108 valence electrons. The number of benzene rings is 1. The Balaban J connectivity index is 1.84. The maximum atomic E-state index is 5.87. The fraction of sp³-hybridized carbons (Fsp3) is 0.562. The van der Waals surface area contributed by atoms with Crippen molar-refractivity contribution in [1.82, 2.24) is 9.88 Å². The van der Waals surface area contributed by atoms with Crippen LogP contribution >= 0.6 is 11.3 Å². The number of aromatic nitrogens is 1. The van der Waals surface area contributed by atoms with Crippen LogP contribution < -0.4 is 5.73 Å². The van der Waals surface area contributed by atoms with Gasteiger partial charge in [-0.05, 0) is 51.3 Å². The van der Waals surface area contributed by atoms with Crippen molar-refractivity contribution in [3.05, 3.63) is 29.3 Å². The molecule has 0 saturated carbocycles. The number of thiazole rings is 1. The van der Waals surface area contributed by atoms with Crippen molar-refractivity contribution in [2.75, 3.05) is 13.1 Å². The van der Waals surface area contributed by atoms with Gasteiger partial charge in [0.05, 0.1) is 16.3 Å². The standard InChI is InChI=1S/C16H23N3S/c1-11-7-8-13(9-17)10-19(11)12(2)16-18-14-5-3-4-6-15(14)20-16/h3-6,11-13H,7-10,17H2,1-2H3. The van der Waals surface area contributed by atoms with Crippen LogP contribution in [0.25, 0.3) is 10.2 Å².